The minimum absolute atomic E-state index is 0.0338. The Morgan fingerprint density at radius 2 is 1.69 bits per heavy atom. The van der Waals surface area contributed by atoms with E-state index in [-0.39, 0.29) is 23.8 Å². The first-order chi connectivity index (χ1) is 12.6. The van der Waals surface area contributed by atoms with E-state index in [4.69, 9.17) is 4.74 Å². The van der Waals surface area contributed by atoms with Crippen molar-refractivity contribution in [3.63, 3.8) is 0 Å². The summed E-state index contributed by atoms with van der Waals surface area (Å²) in [6.07, 6.45) is 5.60. The number of benzene rings is 2. The Kier molecular flexibility index (Phi) is 8.33. The molecular weight excluding hydrogens is 327 g/mol. The SMILES string of the molecule is CCCCCC(CC)OC(=O)C(Cc1ccc(F)cc1)c1ccccc1. The summed E-state index contributed by atoms with van der Waals surface area (Å²) >= 11 is 0. The van der Waals surface area contributed by atoms with Crippen LogP contribution in [0.3, 0.4) is 0 Å². The van der Waals surface area contributed by atoms with E-state index in [1.807, 2.05) is 30.3 Å². The van der Waals surface area contributed by atoms with Crippen molar-refractivity contribution in [3.8, 4) is 0 Å². The van der Waals surface area contributed by atoms with Crippen LogP contribution in [0, 0.1) is 5.82 Å². The van der Waals surface area contributed by atoms with Gasteiger partial charge in [0.05, 0.1) is 5.92 Å². The molecule has 2 rings (SSSR count). The number of hydrogen-bond acceptors (Lipinski definition) is 2. The number of carbonyl (C=O) groups excluding carboxylic acids is 1. The molecule has 2 atom stereocenters. The zero-order chi connectivity index (χ0) is 18.8. The molecular formula is C23H29FO2. The smallest absolute Gasteiger partial charge is 0.314 e. The lowest BCUT2D eigenvalue weighted by Crippen LogP contribution is -2.24. The predicted molar refractivity (Wildman–Crippen MR) is 104 cm³/mol. The Hall–Kier alpha value is -2.16. The number of rotatable bonds is 10. The van der Waals surface area contributed by atoms with Crippen molar-refractivity contribution in [1.29, 1.82) is 0 Å². The van der Waals surface area contributed by atoms with E-state index in [0.717, 1.165) is 43.2 Å². The van der Waals surface area contributed by atoms with Crippen molar-refractivity contribution in [1.82, 2.24) is 0 Å². The monoisotopic (exact) mass is 356 g/mol. The number of carbonyl (C=O) groups is 1. The topological polar surface area (TPSA) is 26.3 Å². The predicted octanol–water partition coefficient (Wildman–Crippen LogP) is 6.05. The number of esters is 1. The van der Waals surface area contributed by atoms with Crippen LogP contribution in [0.2, 0.25) is 0 Å². The number of unbranched alkanes of at least 4 members (excludes halogenated alkanes) is 2. The van der Waals surface area contributed by atoms with Crippen LogP contribution in [0.4, 0.5) is 4.39 Å². The molecule has 2 unspecified atom stereocenters. The van der Waals surface area contributed by atoms with E-state index < -0.39 is 0 Å². The Morgan fingerprint density at radius 1 is 1.00 bits per heavy atom. The highest BCUT2D eigenvalue weighted by Crippen LogP contribution is 2.24. The van der Waals surface area contributed by atoms with Gasteiger partial charge in [0.1, 0.15) is 11.9 Å². The lowest BCUT2D eigenvalue weighted by Gasteiger charge is -2.22. The average molecular weight is 356 g/mol. The Bertz CT molecular complexity index is 652. The third-order valence-corrected chi connectivity index (χ3v) is 4.71. The minimum Gasteiger partial charge on any atom is -0.462 e. The van der Waals surface area contributed by atoms with Gasteiger partial charge in [-0.2, -0.15) is 0 Å². The summed E-state index contributed by atoms with van der Waals surface area (Å²) in [6, 6.07) is 16.0. The maximum absolute atomic E-state index is 13.2. The van der Waals surface area contributed by atoms with Crippen LogP contribution < -0.4 is 0 Å². The van der Waals surface area contributed by atoms with Crippen molar-refractivity contribution in [2.24, 2.45) is 0 Å². The van der Waals surface area contributed by atoms with Crippen LogP contribution in [-0.2, 0) is 16.0 Å². The lowest BCUT2D eigenvalue weighted by molar-refractivity contribution is -0.151. The summed E-state index contributed by atoms with van der Waals surface area (Å²) in [7, 11) is 0. The van der Waals surface area contributed by atoms with Crippen molar-refractivity contribution in [2.75, 3.05) is 0 Å². The van der Waals surface area contributed by atoms with Crippen LogP contribution in [0.15, 0.2) is 54.6 Å². The fourth-order valence-electron chi connectivity index (χ4n) is 3.09. The van der Waals surface area contributed by atoms with Crippen LogP contribution in [0.1, 0.15) is 63.0 Å². The molecule has 2 aromatic rings. The summed E-state index contributed by atoms with van der Waals surface area (Å²) in [5, 5.41) is 0. The third-order valence-electron chi connectivity index (χ3n) is 4.71. The molecule has 140 valence electrons. The molecule has 0 bridgehead atoms. The summed E-state index contributed by atoms with van der Waals surface area (Å²) in [5.41, 5.74) is 1.86. The molecule has 0 saturated heterocycles. The van der Waals surface area contributed by atoms with Gasteiger partial charge < -0.3 is 4.74 Å². The number of ether oxygens (including phenoxy) is 1. The maximum atomic E-state index is 13.2. The van der Waals surface area contributed by atoms with Gasteiger partial charge in [0, 0.05) is 0 Å². The normalized spacial score (nSPS) is 13.2. The van der Waals surface area contributed by atoms with Crippen LogP contribution in [0.5, 0.6) is 0 Å². The molecule has 0 aliphatic rings. The Morgan fingerprint density at radius 3 is 2.31 bits per heavy atom. The molecule has 0 aromatic heterocycles. The second-order valence-electron chi connectivity index (χ2n) is 6.76. The standard InChI is InChI=1S/C23H29FO2/c1-3-5-7-12-21(4-2)26-23(25)22(19-10-8-6-9-11-19)17-18-13-15-20(24)16-14-18/h6,8-11,13-16,21-22H,3-5,7,12,17H2,1-2H3. The second kappa shape index (κ2) is 10.7. The zero-order valence-corrected chi connectivity index (χ0v) is 15.8. The zero-order valence-electron chi connectivity index (χ0n) is 15.8. The Balaban J connectivity index is 2.12. The molecule has 0 heterocycles. The largest absolute Gasteiger partial charge is 0.462 e. The van der Waals surface area contributed by atoms with Gasteiger partial charge in [0.25, 0.3) is 0 Å². The molecule has 0 spiro atoms. The van der Waals surface area contributed by atoms with Gasteiger partial charge in [-0.3, -0.25) is 4.79 Å². The fraction of sp³-hybridized carbons (Fsp3) is 0.435. The molecule has 0 fully saturated rings. The van der Waals surface area contributed by atoms with Crippen LogP contribution in [0.25, 0.3) is 0 Å². The lowest BCUT2D eigenvalue weighted by atomic mass is 9.92. The summed E-state index contributed by atoms with van der Waals surface area (Å²) in [5.74, 6) is -0.833. The highest BCUT2D eigenvalue weighted by molar-refractivity contribution is 5.78. The van der Waals surface area contributed by atoms with Gasteiger partial charge in [-0.05, 0) is 48.9 Å². The quantitative estimate of drug-likeness (QED) is 0.382. The first-order valence-electron chi connectivity index (χ1n) is 9.63. The first-order valence-corrected chi connectivity index (χ1v) is 9.63. The maximum Gasteiger partial charge on any atom is 0.314 e. The van der Waals surface area contributed by atoms with Crippen molar-refractivity contribution in [2.45, 2.75) is 64.4 Å². The summed E-state index contributed by atoms with van der Waals surface area (Å²) in [6.45, 7) is 4.22. The minimum atomic E-state index is -0.373. The van der Waals surface area contributed by atoms with Gasteiger partial charge >= 0.3 is 5.97 Å². The molecule has 3 heteroatoms. The average Bonchev–Trinajstić information content (AvgIpc) is 2.67. The van der Waals surface area contributed by atoms with Gasteiger partial charge in [0.2, 0.25) is 0 Å². The van der Waals surface area contributed by atoms with E-state index in [1.54, 1.807) is 12.1 Å². The van der Waals surface area contributed by atoms with Crippen molar-refractivity contribution in [3.05, 3.63) is 71.5 Å². The fourth-order valence-corrected chi connectivity index (χ4v) is 3.09. The van der Waals surface area contributed by atoms with Crippen molar-refractivity contribution >= 4 is 5.97 Å². The van der Waals surface area contributed by atoms with Gasteiger partial charge in [0.15, 0.2) is 0 Å². The molecule has 2 nitrogen and oxygen atoms in total. The molecule has 0 amide bonds. The van der Waals surface area contributed by atoms with E-state index in [9.17, 15) is 9.18 Å². The van der Waals surface area contributed by atoms with Gasteiger partial charge in [-0.25, -0.2) is 4.39 Å². The van der Waals surface area contributed by atoms with Crippen LogP contribution in [-0.4, -0.2) is 12.1 Å². The van der Waals surface area contributed by atoms with E-state index in [2.05, 4.69) is 13.8 Å². The highest BCUT2D eigenvalue weighted by Gasteiger charge is 2.25. The van der Waals surface area contributed by atoms with E-state index >= 15 is 0 Å². The van der Waals surface area contributed by atoms with Crippen molar-refractivity contribution < 1.29 is 13.9 Å². The molecule has 0 aliphatic carbocycles. The van der Waals surface area contributed by atoms with Crippen LogP contribution >= 0.6 is 0 Å². The molecule has 0 radical (unpaired) electrons. The molecule has 0 saturated carbocycles. The number of halogens is 1. The molecule has 2 aromatic carbocycles. The third kappa shape index (κ3) is 6.29. The summed E-state index contributed by atoms with van der Waals surface area (Å²) < 4.78 is 19.0. The van der Waals surface area contributed by atoms with Gasteiger partial charge in [-0.1, -0.05) is 69.2 Å². The second-order valence-corrected chi connectivity index (χ2v) is 6.76. The molecule has 0 aliphatic heterocycles. The van der Waals surface area contributed by atoms with E-state index in [0.29, 0.717) is 6.42 Å². The summed E-state index contributed by atoms with van der Waals surface area (Å²) in [4.78, 5) is 12.9. The first kappa shape index (κ1) is 20.2. The molecule has 0 N–H and O–H groups in total. The van der Waals surface area contributed by atoms with E-state index in [1.165, 1.54) is 12.1 Å². The number of hydrogen-bond donors (Lipinski definition) is 0. The van der Waals surface area contributed by atoms with Gasteiger partial charge in [-0.15, -0.1) is 0 Å². The highest BCUT2D eigenvalue weighted by atomic mass is 19.1. The Labute approximate surface area is 156 Å². The molecule has 26 heavy (non-hydrogen) atoms.